The lowest BCUT2D eigenvalue weighted by Crippen LogP contribution is -2.40. The Morgan fingerprint density at radius 1 is 1.19 bits per heavy atom. The number of fused-ring (bicyclic) bond motifs is 1. The van der Waals surface area contributed by atoms with E-state index in [0.717, 1.165) is 0 Å². The van der Waals surface area contributed by atoms with Gasteiger partial charge >= 0.3 is 0 Å². The Labute approximate surface area is 123 Å². The van der Waals surface area contributed by atoms with E-state index in [1.807, 2.05) is 6.07 Å². The first-order valence-electron chi connectivity index (χ1n) is 6.53. The highest BCUT2D eigenvalue weighted by molar-refractivity contribution is 7.93. The van der Waals surface area contributed by atoms with Gasteiger partial charge in [-0.1, -0.05) is 18.2 Å². The molecular formula is C15H15N3O2S. The molecule has 1 aromatic heterocycles. The molecule has 1 unspecified atom stereocenters. The van der Waals surface area contributed by atoms with E-state index in [0.29, 0.717) is 16.9 Å². The molecule has 6 heteroatoms. The Kier molecular flexibility index (Phi) is 3.27. The summed E-state index contributed by atoms with van der Waals surface area (Å²) in [5, 5.41) is 0. The van der Waals surface area contributed by atoms with E-state index in [1.54, 1.807) is 49.5 Å². The van der Waals surface area contributed by atoms with Crippen LogP contribution < -0.4 is 10.0 Å². The van der Waals surface area contributed by atoms with Crippen LogP contribution >= 0.6 is 0 Å². The Balaban J connectivity index is 2.29. The number of aromatic nitrogens is 1. The first-order valence-corrected chi connectivity index (χ1v) is 7.97. The lowest BCUT2D eigenvalue weighted by Gasteiger charge is -2.32. The van der Waals surface area contributed by atoms with Gasteiger partial charge in [0.1, 0.15) is 4.90 Å². The number of para-hydroxylation sites is 1. The number of pyridine rings is 1. The number of benzene rings is 1. The van der Waals surface area contributed by atoms with Gasteiger partial charge in [-0.05, 0) is 36.8 Å². The monoisotopic (exact) mass is 301 g/mol. The van der Waals surface area contributed by atoms with E-state index in [-0.39, 0.29) is 4.90 Å². The Morgan fingerprint density at radius 2 is 1.90 bits per heavy atom. The van der Waals surface area contributed by atoms with Gasteiger partial charge in [0.15, 0.2) is 0 Å². The van der Waals surface area contributed by atoms with Gasteiger partial charge in [0.05, 0.1) is 11.4 Å². The zero-order valence-electron chi connectivity index (χ0n) is 11.5. The Bertz CT molecular complexity index is 799. The van der Waals surface area contributed by atoms with Gasteiger partial charge in [-0.15, -0.1) is 0 Å². The fraction of sp³-hybridized carbons (Fsp3) is 0.133. The fourth-order valence-electron chi connectivity index (χ4n) is 2.35. The summed E-state index contributed by atoms with van der Waals surface area (Å²) in [6.07, 6.45) is 4.74. The van der Waals surface area contributed by atoms with E-state index in [2.05, 4.69) is 4.98 Å². The van der Waals surface area contributed by atoms with Crippen molar-refractivity contribution >= 4 is 21.8 Å². The highest BCUT2D eigenvalue weighted by Gasteiger charge is 2.35. The van der Waals surface area contributed by atoms with E-state index >= 15 is 0 Å². The molecule has 0 aliphatic carbocycles. The maximum absolute atomic E-state index is 12.9. The minimum atomic E-state index is -3.71. The molecule has 0 fully saturated rings. The standard InChI is InChI=1S/C15H15N3O2S/c1-11(16)14-9-12-7-8-17-10-15(12)21(19,20)18(14)13-5-3-2-4-6-13/h2-11H,16H2,1H3. The van der Waals surface area contributed by atoms with E-state index in [4.69, 9.17) is 5.73 Å². The molecule has 0 radical (unpaired) electrons. The first-order chi connectivity index (χ1) is 10.0. The van der Waals surface area contributed by atoms with Crippen molar-refractivity contribution in [2.24, 2.45) is 5.73 Å². The quantitative estimate of drug-likeness (QED) is 0.920. The maximum atomic E-state index is 12.9. The van der Waals surface area contributed by atoms with Gasteiger partial charge in [0, 0.05) is 18.4 Å². The van der Waals surface area contributed by atoms with Crippen molar-refractivity contribution in [1.82, 2.24) is 4.98 Å². The second-order valence-corrected chi connectivity index (χ2v) is 6.63. The molecule has 21 heavy (non-hydrogen) atoms. The average Bonchev–Trinajstić information content (AvgIpc) is 2.47. The predicted molar refractivity (Wildman–Crippen MR) is 82.0 cm³/mol. The van der Waals surface area contributed by atoms with Gasteiger partial charge in [0.25, 0.3) is 10.0 Å². The maximum Gasteiger partial charge on any atom is 0.270 e. The number of hydrogen-bond acceptors (Lipinski definition) is 4. The predicted octanol–water partition coefficient (Wildman–Crippen LogP) is 1.98. The van der Waals surface area contributed by atoms with Crippen LogP contribution in [-0.2, 0) is 10.0 Å². The van der Waals surface area contributed by atoms with Crippen LogP contribution in [0.1, 0.15) is 12.5 Å². The molecule has 5 nitrogen and oxygen atoms in total. The number of sulfonamides is 1. The summed E-state index contributed by atoms with van der Waals surface area (Å²) in [6.45, 7) is 1.77. The van der Waals surface area contributed by atoms with Crippen molar-refractivity contribution in [1.29, 1.82) is 0 Å². The molecule has 0 bridgehead atoms. The average molecular weight is 301 g/mol. The molecule has 3 rings (SSSR count). The van der Waals surface area contributed by atoms with Gasteiger partial charge in [0.2, 0.25) is 0 Å². The molecule has 0 spiro atoms. The summed E-state index contributed by atoms with van der Waals surface area (Å²) < 4.78 is 27.1. The smallest absolute Gasteiger partial charge is 0.270 e. The lowest BCUT2D eigenvalue weighted by molar-refractivity contribution is 0.591. The molecule has 108 valence electrons. The topological polar surface area (TPSA) is 76.3 Å². The van der Waals surface area contributed by atoms with Gasteiger partial charge in [-0.25, -0.2) is 12.7 Å². The molecule has 1 aliphatic rings. The highest BCUT2D eigenvalue weighted by Crippen LogP contribution is 2.35. The summed E-state index contributed by atoms with van der Waals surface area (Å²) >= 11 is 0. The molecule has 2 heterocycles. The Morgan fingerprint density at radius 3 is 2.57 bits per heavy atom. The number of hydrogen-bond donors (Lipinski definition) is 1. The van der Waals surface area contributed by atoms with Gasteiger partial charge in [-0.3, -0.25) is 4.98 Å². The largest absolute Gasteiger partial charge is 0.323 e. The third-order valence-corrected chi connectivity index (χ3v) is 5.13. The van der Waals surface area contributed by atoms with Gasteiger partial charge in [-0.2, -0.15) is 0 Å². The fourth-order valence-corrected chi connectivity index (χ4v) is 4.06. The van der Waals surface area contributed by atoms with Crippen LogP contribution in [0.3, 0.4) is 0 Å². The molecule has 0 saturated heterocycles. The van der Waals surface area contributed by atoms with Crippen LogP contribution in [0.5, 0.6) is 0 Å². The summed E-state index contributed by atoms with van der Waals surface area (Å²) in [5.74, 6) is 0. The lowest BCUT2D eigenvalue weighted by atomic mass is 10.1. The van der Waals surface area contributed by atoms with Crippen LogP contribution in [0.4, 0.5) is 5.69 Å². The third kappa shape index (κ3) is 2.22. The number of nitrogens with zero attached hydrogens (tertiary/aromatic N) is 2. The van der Waals surface area contributed by atoms with Crippen molar-refractivity contribution in [3.8, 4) is 0 Å². The molecule has 0 saturated carbocycles. The van der Waals surface area contributed by atoms with Crippen LogP contribution in [0.2, 0.25) is 0 Å². The molecule has 1 atom stereocenters. The van der Waals surface area contributed by atoms with Crippen molar-refractivity contribution in [3.63, 3.8) is 0 Å². The van der Waals surface area contributed by atoms with E-state index in [1.165, 1.54) is 10.5 Å². The molecular weight excluding hydrogens is 286 g/mol. The zero-order valence-corrected chi connectivity index (χ0v) is 12.3. The van der Waals surface area contributed by atoms with Crippen LogP contribution in [0, 0.1) is 0 Å². The van der Waals surface area contributed by atoms with Crippen molar-refractivity contribution in [2.75, 3.05) is 4.31 Å². The summed E-state index contributed by atoms with van der Waals surface area (Å²) in [4.78, 5) is 4.12. The minimum Gasteiger partial charge on any atom is -0.323 e. The van der Waals surface area contributed by atoms with Crippen LogP contribution in [0.25, 0.3) is 6.08 Å². The van der Waals surface area contributed by atoms with E-state index < -0.39 is 16.1 Å². The van der Waals surface area contributed by atoms with Crippen LogP contribution in [-0.4, -0.2) is 19.4 Å². The van der Waals surface area contributed by atoms with E-state index in [9.17, 15) is 8.42 Å². The molecule has 2 aromatic rings. The SMILES string of the molecule is CC(N)C1=Cc2ccncc2S(=O)(=O)N1c1ccccc1. The highest BCUT2D eigenvalue weighted by atomic mass is 32.2. The molecule has 1 aromatic carbocycles. The number of nitrogens with two attached hydrogens (primary N) is 1. The third-order valence-electron chi connectivity index (χ3n) is 3.33. The van der Waals surface area contributed by atoms with Crippen molar-refractivity contribution in [3.05, 3.63) is 60.1 Å². The van der Waals surface area contributed by atoms with Crippen molar-refractivity contribution < 1.29 is 8.42 Å². The Hall–Kier alpha value is -2.18. The number of anilines is 1. The first kappa shape index (κ1) is 13.8. The summed E-state index contributed by atoms with van der Waals surface area (Å²) in [7, 11) is -3.71. The summed E-state index contributed by atoms with van der Waals surface area (Å²) in [5.41, 5.74) is 7.71. The van der Waals surface area contributed by atoms with Crippen LogP contribution in [0.15, 0.2) is 59.4 Å². The van der Waals surface area contributed by atoms with Gasteiger partial charge < -0.3 is 5.73 Å². The zero-order chi connectivity index (χ0) is 15.0. The normalized spacial score (nSPS) is 17.8. The number of rotatable bonds is 2. The van der Waals surface area contributed by atoms with Crippen molar-refractivity contribution in [2.45, 2.75) is 17.9 Å². The molecule has 0 amide bonds. The second-order valence-electron chi connectivity index (χ2n) is 4.88. The molecule has 1 aliphatic heterocycles. The minimum absolute atomic E-state index is 0.193. The second kappa shape index (κ2) is 4.98. The summed E-state index contributed by atoms with van der Waals surface area (Å²) in [6, 6.07) is 10.2. The molecule has 2 N–H and O–H groups in total.